The third kappa shape index (κ3) is 9.83. The molecule has 0 aliphatic rings. The first-order valence-electron chi connectivity index (χ1n) is 14.2. The van der Waals surface area contributed by atoms with Gasteiger partial charge in [-0.05, 0) is 60.2 Å². The number of hydrogen-bond donors (Lipinski definition) is 5. The topological polar surface area (TPSA) is 129 Å². The van der Waals surface area contributed by atoms with Crippen molar-refractivity contribution in [1.29, 1.82) is 0 Å². The molecule has 0 saturated heterocycles. The van der Waals surface area contributed by atoms with Crippen molar-refractivity contribution in [3.8, 4) is 0 Å². The van der Waals surface area contributed by atoms with Crippen molar-refractivity contribution in [2.45, 2.75) is 44.9 Å². The number of aliphatic hydroxyl groups is 1. The number of anilines is 1. The summed E-state index contributed by atoms with van der Waals surface area (Å²) in [5.74, 6) is 0.244. The fraction of sp³-hybridized carbons (Fsp3) is 0.265. The van der Waals surface area contributed by atoms with E-state index in [-0.39, 0.29) is 24.3 Å². The van der Waals surface area contributed by atoms with E-state index in [1.807, 2.05) is 66.7 Å². The van der Waals surface area contributed by atoms with E-state index in [2.05, 4.69) is 27.9 Å². The number of nitrogens with two attached hydrogens (primary N) is 1. The van der Waals surface area contributed by atoms with E-state index in [1.165, 1.54) is 5.56 Å². The molecule has 0 fully saturated rings. The summed E-state index contributed by atoms with van der Waals surface area (Å²) in [7, 11) is 0. The van der Waals surface area contributed by atoms with Crippen molar-refractivity contribution in [3.63, 3.8) is 0 Å². The maximum atomic E-state index is 12.6. The molecule has 1 aromatic heterocycles. The number of carbonyl (C=O) groups is 2. The summed E-state index contributed by atoms with van der Waals surface area (Å²) in [6.45, 7) is 3.42. The van der Waals surface area contributed by atoms with Crippen LogP contribution in [-0.4, -0.2) is 41.0 Å². The van der Waals surface area contributed by atoms with Gasteiger partial charge in [-0.25, -0.2) is 4.98 Å². The monoisotopic (exact) mass is 565 g/mol. The number of benzene rings is 3. The Hall–Kier alpha value is -4.53. The minimum Gasteiger partial charge on any atom is -0.387 e. The summed E-state index contributed by atoms with van der Waals surface area (Å²) < 4.78 is 0. The highest BCUT2D eigenvalue weighted by molar-refractivity contribution is 5.94. The summed E-state index contributed by atoms with van der Waals surface area (Å²) >= 11 is 0. The predicted octanol–water partition coefficient (Wildman–Crippen LogP) is 3.75. The molecule has 6 N–H and O–H groups in total. The number of rotatable bonds is 14. The Kier molecular flexibility index (Phi) is 11.2. The van der Waals surface area contributed by atoms with E-state index in [9.17, 15) is 14.7 Å². The second-order valence-electron chi connectivity index (χ2n) is 10.5. The molecule has 0 radical (unpaired) electrons. The number of carbonyl (C=O) groups excluding carboxylic acids is 2. The van der Waals surface area contributed by atoms with Crippen LogP contribution in [0.2, 0.25) is 0 Å². The molecule has 2 atom stereocenters. The molecule has 0 saturated carbocycles. The van der Waals surface area contributed by atoms with Crippen molar-refractivity contribution < 1.29 is 14.7 Å². The molecular weight excluding hydrogens is 526 g/mol. The van der Waals surface area contributed by atoms with Gasteiger partial charge >= 0.3 is 0 Å². The number of hydrogen-bond acceptors (Lipinski definition) is 6. The Morgan fingerprint density at radius 2 is 1.60 bits per heavy atom. The van der Waals surface area contributed by atoms with Gasteiger partial charge in [0.15, 0.2) is 0 Å². The first kappa shape index (κ1) is 30.4. The fourth-order valence-corrected chi connectivity index (χ4v) is 4.63. The van der Waals surface area contributed by atoms with Gasteiger partial charge < -0.3 is 26.8 Å². The highest BCUT2D eigenvalue weighted by atomic mass is 16.3. The van der Waals surface area contributed by atoms with Crippen LogP contribution in [-0.2, 0) is 30.6 Å². The summed E-state index contributed by atoms with van der Waals surface area (Å²) in [5, 5.41) is 19.7. The van der Waals surface area contributed by atoms with Gasteiger partial charge in [-0.1, -0.05) is 72.8 Å². The molecule has 0 spiro atoms. The summed E-state index contributed by atoms with van der Waals surface area (Å²) in [5.41, 5.74) is 11.1. The van der Waals surface area contributed by atoms with Crippen molar-refractivity contribution in [2.75, 3.05) is 18.8 Å². The third-order valence-corrected chi connectivity index (χ3v) is 7.00. The molecule has 8 nitrogen and oxygen atoms in total. The smallest absolute Gasteiger partial charge is 0.251 e. The first-order chi connectivity index (χ1) is 20.4. The van der Waals surface area contributed by atoms with Crippen LogP contribution in [0, 0.1) is 0 Å². The Balaban J connectivity index is 1.17. The van der Waals surface area contributed by atoms with Crippen LogP contribution in [0.15, 0.2) is 97.2 Å². The molecule has 42 heavy (non-hydrogen) atoms. The van der Waals surface area contributed by atoms with E-state index in [4.69, 9.17) is 5.73 Å². The van der Waals surface area contributed by atoms with E-state index in [0.717, 1.165) is 29.5 Å². The van der Waals surface area contributed by atoms with Gasteiger partial charge in [-0.3, -0.25) is 9.59 Å². The fourth-order valence-electron chi connectivity index (χ4n) is 4.63. The Morgan fingerprint density at radius 1 is 0.857 bits per heavy atom. The van der Waals surface area contributed by atoms with Crippen molar-refractivity contribution in [2.24, 2.45) is 0 Å². The molecule has 3 aromatic carbocycles. The van der Waals surface area contributed by atoms with Gasteiger partial charge in [0.05, 0.1) is 12.5 Å². The maximum absolute atomic E-state index is 12.6. The summed E-state index contributed by atoms with van der Waals surface area (Å²) in [4.78, 5) is 29.1. The average molecular weight is 566 g/mol. The largest absolute Gasteiger partial charge is 0.387 e. The predicted molar refractivity (Wildman–Crippen MR) is 166 cm³/mol. The van der Waals surface area contributed by atoms with Gasteiger partial charge in [0, 0.05) is 43.0 Å². The van der Waals surface area contributed by atoms with Crippen LogP contribution < -0.4 is 21.7 Å². The van der Waals surface area contributed by atoms with Gasteiger partial charge in [-0.15, -0.1) is 0 Å². The number of nitrogens with one attached hydrogen (secondary N) is 3. The number of aromatic nitrogens is 1. The van der Waals surface area contributed by atoms with Crippen LogP contribution in [0.25, 0.3) is 0 Å². The van der Waals surface area contributed by atoms with Crippen molar-refractivity contribution in [3.05, 3.63) is 131 Å². The zero-order valence-corrected chi connectivity index (χ0v) is 23.9. The third-order valence-electron chi connectivity index (χ3n) is 7.00. The number of nitrogens with zero attached hydrogens (tertiary/aromatic N) is 1. The highest BCUT2D eigenvalue weighted by Crippen LogP contribution is 2.13. The number of aliphatic hydroxyl groups excluding tert-OH is 1. The molecule has 0 aliphatic carbocycles. The lowest BCUT2D eigenvalue weighted by molar-refractivity contribution is -0.120. The summed E-state index contributed by atoms with van der Waals surface area (Å²) in [6, 6.07) is 28.9. The first-order valence-corrected chi connectivity index (χ1v) is 14.2. The standard InChI is InChI=1S/C34H39N5O3/c1-24(37-23-31(40)30-14-15-32(35)38-22-30)18-27-8-5-9-28(19-27)20-33(41)39-21-26-10-12-29(13-11-26)34(42)36-17-16-25-6-3-2-4-7-25/h2-15,19,22,24,31,37,40H,16-18,20-21,23H2,1H3,(H2,35,38)(H,36,42)(H,39,41). The van der Waals surface area contributed by atoms with Gasteiger partial charge in [-0.2, -0.15) is 0 Å². The van der Waals surface area contributed by atoms with Gasteiger partial charge in [0.1, 0.15) is 5.82 Å². The van der Waals surface area contributed by atoms with E-state index < -0.39 is 6.10 Å². The van der Waals surface area contributed by atoms with Crippen molar-refractivity contribution in [1.82, 2.24) is 20.9 Å². The minimum atomic E-state index is -0.672. The second-order valence-corrected chi connectivity index (χ2v) is 10.5. The lowest BCUT2D eigenvalue weighted by Gasteiger charge is -2.18. The molecule has 0 bridgehead atoms. The molecule has 1 heterocycles. The van der Waals surface area contributed by atoms with E-state index in [0.29, 0.717) is 36.6 Å². The molecular formula is C34H39N5O3. The van der Waals surface area contributed by atoms with Crippen LogP contribution in [0.1, 0.15) is 51.2 Å². The Morgan fingerprint density at radius 3 is 2.33 bits per heavy atom. The molecule has 8 heteroatoms. The maximum Gasteiger partial charge on any atom is 0.251 e. The number of nitrogen functional groups attached to an aromatic ring is 1. The molecule has 0 aliphatic heterocycles. The Bertz CT molecular complexity index is 1430. The zero-order chi connectivity index (χ0) is 29.7. The zero-order valence-electron chi connectivity index (χ0n) is 23.9. The number of pyridine rings is 1. The molecule has 2 unspecified atom stereocenters. The minimum absolute atomic E-state index is 0.0683. The van der Waals surface area contributed by atoms with Crippen LogP contribution in [0.4, 0.5) is 5.82 Å². The normalized spacial score (nSPS) is 12.3. The van der Waals surface area contributed by atoms with Gasteiger partial charge in [0.25, 0.3) is 5.91 Å². The highest BCUT2D eigenvalue weighted by Gasteiger charge is 2.12. The van der Waals surface area contributed by atoms with Gasteiger partial charge in [0.2, 0.25) is 5.91 Å². The lowest BCUT2D eigenvalue weighted by atomic mass is 10.0. The van der Waals surface area contributed by atoms with Crippen molar-refractivity contribution >= 4 is 17.6 Å². The van der Waals surface area contributed by atoms with Crippen LogP contribution in [0.3, 0.4) is 0 Å². The second kappa shape index (κ2) is 15.5. The average Bonchev–Trinajstić information content (AvgIpc) is 3.00. The van der Waals surface area contributed by atoms with E-state index >= 15 is 0 Å². The SMILES string of the molecule is CC(Cc1cccc(CC(=O)NCc2ccc(C(=O)NCCc3ccccc3)cc2)c1)NCC(O)c1ccc(N)nc1. The lowest BCUT2D eigenvalue weighted by Crippen LogP contribution is -2.32. The summed E-state index contributed by atoms with van der Waals surface area (Å²) in [6.07, 6.45) is 2.73. The molecule has 4 aromatic rings. The molecule has 218 valence electrons. The Labute approximate surface area is 247 Å². The quantitative estimate of drug-likeness (QED) is 0.158. The molecule has 2 amide bonds. The molecule has 4 rings (SSSR count). The van der Waals surface area contributed by atoms with Crippen LogP contribution in [0.5, 0.6) is 0 Å². The number of amides is 2. The van der Waals surface area contributed by atoms with E-state index in [1.54, 1.807) is 30.5 Å². The van der Waals surface area contributed by atoms with Crippen LogP contribution >= 0.6 is 0 Å².